The maximum atomic E-state index is 13.7. The van der Waals surface area contributed by atoms with E-state index >= 15 is 0 Å². The van der Waals surface area contributed by atoms with Gasteiger partial charge < -0.3 is 31.0 Å². The molecule has 5 N–H and O–H groups in total. The number of hydrogen-bond acceptors (Lipinski definition) is 6. The molecule has 5 rings (SSSR count). The number of H-pyrrole nitrogens is 1. The largest absolute Gasteiger partial charge is 0.496 e. The second-order valence-electron chi connectivity index (χ2n) is 11.1. The molecule has 2 aromatic rings. The lowest BCUT2D eigenvalue weighted by Crippen LogP contribution is -2.56. The Morgan fingerprint density at radius 3 is 2.71 bits per heavy atom. The van der Waals surface area contributed by atoms with Crippen LogP contribution in [0.1, 0.15) is 43.6 Å². The number of Topliss-reactive ketones (excluding diaryl/α,β-unsaturated/α-hetero) is 1. The van der Waals surface area contributed by atoms with Crippen LogP contribution in [0.15, 0.2) is 24.3 Å². The number of carbonyl (C=O) groups is 5. The predicted molar refractivity (Wildman–Crippen MR) is 137 cm³/mol. The van der Waals surface area contributed by atoms with Gasteiger partial charge in [-0.25, -0.2) is 0 Å². The molecular weight excluding hydrogens is 490 g/mol. The molecule has 2 saturated heterocycles. The fraction of sp³-hybridized carbons (Fsp3) is 0.519. The maximum Gasteiger partial charge on any atom is 0.287 e. The van der Waals surface area contributed by atoms with Gasteiger partial charge in [0.1, 0.15) is 17.5 Å². The number of likely N-dealkylation sites (tertiary alicyclic amines) is 1. The lowest BCUT2D eigenvalue weighted by atomic mass is 9.89. The number of nitrogens with zero attached hydrogens (tertiary/aromatic N) is 1. The van der Waals surface area contributed by atoms with Gasteiger partial charge in [-0.3, -0.25) is 24.0 Å². The Labute approximate surface area is 219 Å². The average molecular weight is 524 g/mol. The molecule has 3 aliphatic rings. The Bertz CT molecular complexity index is 1330. The molecule has 11 nitrogen and oxygen atoms in total. The van der Waals surface area contributed by atoms with Gasteiger partial charge in [-0.1, -0.05) is 19.9 Å². The molecule has 0 unspecified atom stereocenters. The van der Waals surface area contributed by atoms with E-state index in [1.807, 2.05) is 12.1 Å². The number of piperidine rings is 2. The molecule has 3 fully saturated rings. The van der Waals surface area contributed by atoms with E-state index in [1.165, 1.54) is 4.90 Å². The first-order valence-corrected chi connectivity index (χ1v) is 12.9. The highest BCUT2D eigenvalue weighted by Gasteiger charge is 2.69. The van der Waals surface area contributed by atoms with Crippen molar-refractivity contribution in [2.24, 2.45) is 28.9 Å². The maximum absolute atomic E-state index is 13.7. The number of amides is 4. The predicted octanol–water partition coefficient (Wildman–Crippen LogP) is 0.729. The number of aromatic amines is 1. The molecule has 1 aromatic heterocycles. The Hall–Kier alpha value is -3.89. The van der Waals surface area contributed by atoms with Crippen molar-refractivity contribution < 1.29 is 28.7 Å². The van der Waals surface area contributed by atoms with Crippen LogP contribution < -0.4 is 21.1 Å². The van der Waals surface area contributed by atoms with Crippen molar-refractivity contribution >= 4 is 40.3 Å². The Kier molecular flexibility index (Phi) is 6.40. The summed E-state index contributed by atoms with van der Waals surface area (Å²) >= 11 is 0. The highest BCUT2D eigenvalue weighted by Crippen LogP contribution is 2.65. The molecular formula is C27H33N5O6. The number of ketones is 1. The lowest BCUT2D eigenvalue weighted by Gasteiger charge is -2.31. The summed E-state index contributed by atoms with van der Waals surface area (Å²) in [4.78, 5) is 68.8. The topological polar surface area (TPSA) is 164 Å². The van der Waals surface area contributed by atoms with Gasteiger partial charge in [-0.05, 0) is 54.7 Å². The molecule has 2 aliphatic heterocycles. The molecule has 4 amide bonds. The molecule has 38 heavy (non-hydrogen) atoms. The fourth-order valence-corrected chi connectivity index (χ4v) is 6.38. The molecule has 3 heterocycles. The first-order valence-electron chi connectivity index (χ1n) is 12.9. The van der Waals surface area contributed by atoms with Crippen LogP contribution in [0.3, 0.4) is 0 Å². The zero-order valence-electron chi connectivity index (χ0n) is 21.7. The third kappa shape index (κ3) is 4.29. The summed E-state index contributed by atoms with van der Waals surface area (Å²) in [6.07, 6.45) is 1.25. The number of methoxy groups -OCH3 is 1. The quantitative estimate of drug-likeness (QED) is 0.373. The Balaban J connectivity index is 1.40. The van der Waals surface area contributed by atoms with Gasteiger partial charge in [-0.2, -0.15) is 0 Å². The van der Waals surface area contributed by atoms with E-state index in [9.17, 15) is 24.0 Å². The summed E-state index contributed by atoms with van der Waals surface area (Å²) in [5.74, 6) is -3.10. The Morgan fingerprint density at radius 1 is 1.26 bits per heavy atom. The number of carbonyl (C=O) groups excluding carboxylic acids is 5. The second kappa shape index (κ2) is 9.45. The molecule has 0 bridgehead atoms. The van der Waals surface area contributed by atoms with Crippen molar-refractivity contribution in [3.8, 4) is 5.75 Å². The lowest BCUT2D eigenvalue weighted by molar-refractivity contribution is -0.140. The summed E-state index contributed by atoms with van der Waals surface area (Å²) in [5.41, 5.74) is 6.18. The van der Waals surface area contributed by atoms with Crippen LogP contribution in [0, 0.1) is 23.2 Å². The molecule has 0 radical (unpaired) electrons. The number of rotatable bonds is 8. The molecule has 0 spiro atoms. The monoisotopic (exact) mass is 523 g/mol. The van der Waals surface area contributed by atoms with Gasteiger partial charge in [0.15, 0.2) is 0 Å². The zero-order chi connectivity index (χ0) is 27.4. The van der Waals surface area contributed by atoms with Crippen LogP contribution in [0.4, 0.5) is 0 Å². The number of benzene rings is 1. The molecule has 11 heteroatoms. The third-order valence-electron chi connectivity index (χ3n) is 8.61. The van der Waals surface area contributed by atoms with Gasteiger partial charge in [0.2, 0.25) is 17.6 Å². The van der Waals surface area contributed by atoms with E-state index in [0.29, 0.717) is 31.0 Å². The van der Waals surface area contributed by atoms with Crippen LogP contribution >= 0.6 is 0 Å². The van der Waals surface area contributed by atoms with E-state index < -0.39 is 35.6 Å². The highest BCUT2D eigenvalue weighted by atomic mass is 16.5. The number of nitrogens with two attached hydrogens (primary N) is 1. The molecule has 1 saturated carbocycles. The van der Waals surface area contributed by atoms with Gasteiger partial charge >= 0.3 is 0 Å². The van der Waals surface area contributed by atoms with Crippen molar-refractivity contribution in [2.75, 3.05) is 20.2 Å². The SMILES string of the molecule is COc1cccc2[nH]c(C(=O)N3C[C@H]4[C@@H]([C@H]3C(=O)N[C@@H](C[C@@H]3CCCNC3=O)C(=O)C(N)=O)C4(C)C)cc12. The van der Waals surface area contributed by atoms with E-state index in [4.69, 9.17) is 10.5 Å². The number of primary amides is 1. The van der Waals surface area contributed by atoms with Gasteiger partial charge in [-0.15, -0.1) is 0 Å². The summed E-state index contributed by atoms with van der Waals surface area (Å²) < 4.78 is 5.40. The number of fused-ring (bicyclic) bond motifs is 2. The number of aromatic nitrogens is 1. The van der Waals surface area contributed by atoms with Gasteiger partial charge in [0.25, 0.3) is 11.8 Å². The minimum Gasteiger partial charge on any atom is -0.496 e. The average Bonchev–Trinajstić information content (AvgIpc) is 3.27. The van der Waals surface area contributed by atoms with Crippen molar-refractivity contribution in [2.45, 2.75) is 45.2 Å². The summed E-state index contributed by atoms with van der Waals surface area (Å²) in [7, 11) is 1.56. The van der Waals surface area contributed by atoms with Crippen LogP contribution in [-0.4, -0.2) is 71.6 Å². The van der Waals surface area contributed by atoms with Gasteiger partial charge in [0.05, 0.1) is 13.2 Å². The summed E-state index contributed by atoms with van der Waals surface area (Å²) in [6.45, 7) is 5.04. The molecule has 1 aliphatic carbocycles. The highest BCUT2D eigenvalue weighted by molar-refractivity contribution is 6.38. The normalized spacial score (nSPS) is 26.3. The summed E-state index contributed by atoms with van der Waals surface area (Å²) in [5, 5.41) is 6.20. The van der Waals surface area contributed by atoms with Crippen molar-refractivity contribution in [1.82, 2.24) is 20.5 Å². The zero-order valence-corrected chi connectivity index (χ0v) is 21.7. The van der Waals surface area contributed by atoms with Crippen molar-refractivity contribution in [3.05, 3.63) is 30.0 Å². The van der Waals surface area contributed by atoms with E-state index in [2.05, 4.69) is 29.5 Å². The third-order valence-corrected chi connectivity index (χ3v) is 8.61. The Morgan fingerprint density at radius 2 is 2.03 bits per heavy atom. The van der Waals surface area contributed by atoms with Crippen LogP contribution in [-0.2, 0) is 19.2 Å². The van der Waals surface area contributed by atoms with Crippen LogP contribution in [0.2, 0.25) is 0 Å². The smallest absolute Gasteiger partial charge is 0.287 e. The molecule has 202 valence electrons. The molecule has 5 atom stereocenters. The number of hydrogen-bond donors (Lipinski definition) is 4. The number of nitrogens with one attached hydrogen (secondary N) is 3. The number of ether oxygens (including phenoxy) is 1. The first-order chi connectivity index (χ1) is 18.0. The fourth-order valence-electron chi connectivity index (χ4n) is 6.38. The van der Waals surface area contributed by atoms with Crippen molar-refractivity contribution in [1.29, 1.82) is 0 Å². The minimum atomic E-state index is -1.25. The summed E-state index contributed by atoms with van der Waals surface area (Å²) in [6, 6.07) is 5.09. The minimum absolute atomic E-state index is 0.0285. The standard InChI is InChI=1S/C27H33N5O6/c1-27(2)15-12-32(26(37)18-11-14-16(30-18)7-4-8-19(14)38-3)21(20(15)27)25(36)31-17(22(33)23(28)34)10-13-6-5-9-29-24(13)35/h4,7-8,11,13,15,17,20-21,30H,5-6,9-10,12H2,1-3H3,(H2,28,34)(H,29,35)(H,31,36)/t13-,15-,17-,20-,21-/m0/s1. The van der Waals surface area contributed by atoms with Crippen LogP contribution in [0.25, 0.3) is 10.9 Å². The van der Waals surface area contributed by atoms with Gasteiger partial charge in [0, 0.05) is 29.9 Å². The van der Waals surface area contributed by atoms with E-state index in [0.717, 1.165) is 17.3 Å². The van der Waals surface area contributed by atoms with E-state index in [1.54, 1.807) is 19.2 Å². The first kappa shape index (κ1) is 25.7. The van der Waals surface area contributed by atoms with Crippen LogP contribution in [0.5, 0.6) is 5.75 Å². The van der Waals surface area contributed by atoms with Crippen molar-refractivity contribution in [3.63, 3.8) is 0 Å². The van der Waals surface area contributed by atoms with E-state index in [-0.39, 0.29) is 35.5 Å². The molecule has 1 aromatic carbocycles. The second-order valence-corrected chi connectivity index (χ2v) is 11.1.